The van der Waals surface area contributed by atoms with Gasteiger partial charge >= 0.3 is 0 Å². The molecule has 1 aliphatic rings. The van der Waals surface area contributed by atoms with E-state index in [-0.39, 0.29) is 0 Å². The number of unbranched alkanes of at least 4 members (excludes halogenated alkanes) is 3. The van der Waals surface area contributed by atoms with Crippen molar-refractivity contribution in [2.75, 3.05) is 26.2 Å². The summed E-state index contributed by atoms with van der Waals surface area (Å²) in [5.74, 6) is 0.945. The number of piperidine rings is 1. The minimum atomic E-state index is 0.362. The smallest absolute Gasteiger partial charge is 0.0431 e. The molecule has 0 bridgehead atoms. The van der Waals surface area contributed by atoms with E-state index in [2.05, 4.69) is 11.8 Å². The third-order valence-corrected chi connectivity index (χ3v) is 3.26. The summed E-state index contributed by atoms with van der Waals surface area (Å²) in [7, 11) is 0. The van der Waals surface area contributed by atoms with Crippen LogP contribution in [0.15, 0.2) is 0 Å². The maximum atomic E-state index is 8.63. The van der Waals surface area contributed by atoms with Crippen molar-refractivity contribution in [2.45, 2.75) is 45.4 Å². The molecule has 1 N–H and O–H groups in total. The maximum absolute atomic E-state index is 8.63. The van der Waals surface area contributed by atoms with Crippen LogP contribution in [0, 0.1) is 5.92 Å². The molecular weight excluding hydrogens is 174 g/mol. The molecule has 14 heavy (non-hydrogen) atoms. The minimum absolute atomic E-state index is 0.362. The Morgan fingerprint density at radius 3 is 2.36 bits per heavy atom. The average Bonchev–Trinajstić information content (AvgIpc) is 2.21. The lowest BCUT2D eigenvalue weighted by Gasteiger charge is -2.30. The van der Waals surface area contributed by atoms with Crippen molar-refractivity contribution < 1.29 is 5.11 Å². The molecule has 0 unspecified atom stereocenters. The van der Waals surface area contributed by atoms with E-state index in [1.807, 2.05) is 0 Å². The van der Waals surface area contributed by atoms with Crippen LogP contribution in [0.2, 0.25) is 0 Å². The Bertz CT molecular complexity index is 130. The van der Waals surface area contributed by atoms with E-state index in [0.29, 0.717) is 6.61 Å². The van der Waals surface area contributed by atoms with Crippen molar-refractivity contribution in [1.82, 2.24) is 4.90 Å². The Morgan fingerprint density at radius 2 is 1.71 bits per heavy atom. The highest BCUT2D eigenvalue weighted by atomic mass is 16.2. The molecule has 2 heteroatoms. The van der Waals surface area contributed by atoms with Gasteiger partial charge in [-0.3, -0.25) is 0 Å². The number of aliphatic hydroxyl groups is 1. The van der Waals surface area contributed by atoms with Crippen LogP contribution < -0.4 is 0 Å². The fraction of sp³-hybridized carbons (Fsp3) is 1.00. The van der Waals surface area contributed by atoms with Crippen LogP contribution in [0.5, 0.6) is 0 Å². The highest BCUT2D eigenvalue weighted by molar-refractivity contribution is 4.68. The summed E-state index contributed by atoms with van der Waals surface area (Å²) in [6, 6.07) is 0. The zero-order valence-corrected chi connectivity index (χ0v) is 9.54. The molecule has 0 amide bonds. The van der Waals surface area contributed by atoms with Crippen LogP contribution in [0.4, 0.5) is 0 Å². The number of likely N-dealkylation sites (tertiary alicyclic amines) is 1. The number of hydrogen-bond donors (Lipinski definition) is 1. The normalized spacial score (nSPS) is 20.1. The fourth-order valence-corrected chi connectivity index (χ4v) is 2.09. The quantitative estimate of drug-likeness (QED) is 0.663. The monoisotopic (exact) mass is 199 g/mol. The van der Waals surface area contributed by atoms with Gasteiger partial charge in [-0.2, -0.15) is 0 Å². The van der Waals surface area contributed by atoms with Crippen LogP contribution in [-0.4, -0.2) is 36.2 Å². The fourth-order valence-electron chi connectivity index (χ4n) is 2.09. The predicted molar refractivity (Wildman–Crippen MR) is 60.4 cm³/mol. The summed E-state index contributed by atoms with van der Waals surface area (Å²) in [6.07, 6.45) is 7.55. The Morgan fingerprint density at radius 1 is 1.07 bits per heavy atom. The molecule has 1 heterocycles. The van der Waals surface area contributed by atoms with Crippen molar-refractivity contribution in [1.29, 1.82) is 0 Å². The van der Waals surface area contributed by atoms with Gasteiger partial charge < -0.3 is 10.0 Å². The van der Waals surface area contributed by atoms with E-state index in [4.69, 9.17) is 5.11 Å². The molecule has 0 aromatic carbocycles. The van der Waals surface area contributed by atoms with E-state index >= 15 is 0 Å². The third-order valence-electron chi connectivity index (χ3n) is 3.26. The van der Waals surface area contributed by atoms with Gasteiger partial charge in [0.05, 0.1) is 0 Å². The topological polar surface area (TPSA) is 23.5 Å². The molecule has 84 valence electrons. The van der Waals surface area contributed by atoms with E-state index in [1.54, 1.807) is 0 Å². The van der Waals surface area contributed by atoms with Gasteiger partial charge in [0, 0.05) is 6.61 Å². The molecule has 0 radical (unpaired) electrons. The molecule has 0 spiro atoms. The molecule has 1 rings (SSSR count). The van der Waals surface area contributed by atoms with Gasteiger partial charge in [-0.1, -0.05) is 19.8 Å². The summed E-state index contributed by atoms with van der Waals surface area (Å²) in [6.45, 7) is 6.61. The van der Waals surface area contributed by atoms with Crippen molar-refractivity contribution in [2.24, 2.45) is 5.92 Å². The van der Waals surface area contributed by atoms with Gasteiger partial charge in [0.15, 0.2) is 0 Å². The van der Waals surface area contributed by atoms with Crippen molar-refractivity contribution in [3.05, 3.63) is 0 Å². The van der Waals surface area contributed by atoms with Crippen LogP contribution >= 0.6 is 0 Å². The first kappa shape index (κ1) is 12.0. The van der Waals surface area contributed by atoms with E-state index in [0.717, 1.165) is 12.3 Å². The number of hydrogen-bond acceptors (Lipinski definition) is 2. The van der Waals surface area contributed by atoms with Crippen molar-refractivity contribution in [3.63, 3.8) is 0 Å². The van der Waals surface area contributed by atoms with E-state index < -0.39 is 0 Å². The Balaban J connectivity index is 1.91. The Kier molecular flexibility index (Phi) is 6.20. The first-order chi connectivity index (χ1) is 6.83. The predicted octanol–water partition coefficient (Wildman–Crippen LogP) is 2.27. The minimum Gasteiger partial charge on any atom is -0.396 e. The number of aliphatic hydroxyl groups excluding tert-OH is 1. The number of rotatable bonds is 6. The van der Waals surface area contributed by atoms with Gasteiger partial charge in [0.25, 0.3) is 0 Å². The van der Waals surface area contributed by atoms with Crippen LogP contribution in [0.1, 0.15) is 45.4 Å². The van der Waals surface area contributed by atoms with E-state index in [9.17, 15) is 0 Å². The lowest BCUT2D eigenvalue weighted by Crippen LogP contribution is -2.33. The molecular formula is C12H25NO. The molecule has 0 saturated carbocycles. The largest absolute Gasteiger partial charge is 0.396 e. The van der Waals surface area contributed by atoms with Crippen molar-refractivity contribution >= 4 is 0 Å². The van der Waals surface area contributed by atoms with E-state index in [1.165, 1.54) is 51.7 Å². The number of nitrogens with zero attached hydrogens (tertiary/aromatic N) is 1. The summed E-state index contributed by atoms with van der Waals surface area (Å²) >= 11 is 0. The summed E-state index contributed by atoms with van der Waals surface area (Å²) < 4.78 is 0. The maximum Gasteiger partial charge on any atom is 0.0431 e. The summed E-state index contributed by atoms with van der Waals surface area (Å²) in [5, 5.41) is 8.63. The highest BCUT2D eigenvalue weighted by Gasteiger charge is 2.14. The second-order valence-corrected chi connectivity index (χ2v) is 4.66. The molecule has 0 aromatic rings. The Labute approximate surface area is 88.3 Å². The molecule has 0 aromatic heterocycles. The zero-order valence-electron chi connectivity index (χ0n) is 9.54. The highest BCUT2D eigenvalue weighted by Crippen LogP contribution is 2.16. The standard InChI is InChI=1S/C12H25NO/c1-12-6-9-13(10-7-12)8-4-2-3-5-11-14/h12,14H,2-11H2,1H3. The molecule has 0 atom stereocenters. The molecule has 1 saturated heterocycles. The lowest BCUT2D eigenvalue weighted by atomic mass is 9.99. The first-order valence-corrected chi connectivity index (χ1v) is 6.16. The van der Waals surface area contributed by atoms with Crippen molar-refractivity contribution in [3.8, 4) is 0 Å². The van der Waals surface area contributed by atoms with Crippen LogP contribution in [-0.2, 0) is 0 Å². The van der Waals surface area contributed by atoms with Gasteiger partial charge in [-0.05, 0) is 51.2 Å². The van der Waals surface area contributed by atoms with Gasteiger partial charge in [0.2, 0.25) is 0 Å². The zero-order chi connectivity index (χ0) is 10.2. The average molecular weight is 199 g/mol. The lowest BCUT2D eigenvalue weighted by molar-refractivity contribution is 0.188. The first-order valence-electron chi connectivity index (χ1n) is 6.16. The SMILES string of the molecule is CC1CCN(CCCCCCO)CC1. The van der Waals surface area contributed by atoms with Gasteiger partial charge in [-0.25, -0.2) is 0 Å². The van der Waals surface area contributed by atoms with Crippen LogP contribution in [0.25, 0.3) is 0 Å². The third kappa shape index (κ3) is 4.97. The summed E-state index contributed by atoms with van der Waals surface area (Å²) in [4.78, 5) is 2.60. The molecule has 1 fully saturated rings. The molecule has 2 nitrogen and oxygen atoms in total. The second-order valence-electron chi connectivity index (χ2n) is 4.66. The Hall–Kier alpha value is -0.0800. The van der Waals surface area contributed by atoms with Crippen LogP contribution in [0.3, 0.4) is 0 Å². The van der Waals surface area contributed by atoms with Gasteiger partial charge in [-0.15, -0.1) is 0 Å². The molecule has 0 aliphatic carbocycles. The summed E-state index contributed by atoms with van der Waals surface area (Å²) in [5.41, 5.74) is 0. The molecule has 1 aliphatic heterocycles. The second kappa shape index (κ2) is 7.24. The van der Waals surface area contributed by atoms with Gasteiger partial charge in [0.1, 0.15) is 0 Å².